The van der Waals surface area contributed by atoms with Crippen LogP contribution < -0.4 is 9.64 Å². The SMILES string of the molecule is CCN(C)c1cc(-c2c(-c3cc(C)c(O)cc3O)[nH][nH]c2=S)ccc1OC. The summed E-state index contributed by atoms with van der Waals surface area (Å²) >= 11 is 5.49. The normalized spacial score (nSPS) is 10.8. The number of aromatic amines is 2. The average molecular weight is 385 g/mol. The minimum absolute atomic E-state index is 0.0241. The molecule has 2 aromatic carbocycles. The highest BCUT2D eigenvalue weighted by Gasteiger charge is 2.18. The van der Waals surface area contributed by atoms with E-state index >= 15 is 0 Å². The summed E-state index contributed by atoms with van der Waals surface area (Å²) in [6, 6.07) is 8.92. The molecule has 0 fully saturated rings. The van der Waals surface area contributed by atoms with Gasteiger partial charge in [0.25, 0.3) is 0 Å². The van der Waals surface area contributed by atoms with Crippen LogP contribution in [0.4, 0.5) is 5.69 Å². The smallest absolute Gasteiger partial charge is 0.142 e. The quantitative estimate of drug-likeness (QED) is 0.483. The lowest BCUT2D eigenvalue weighted by atomic mass is 9.98. The summed E-state index contributed by atoms with van der Waals surface area (Å²) in [5.74, 6) is 0.797. The zero-order chi connectivity index (χ0) is 19.7. The Hall–Kier alpha value is -2.93. The van der Waals surface area contributed by atoms with E-state index in [9.17, 15) is 10.2 Å². The number of rotatable bonds is 5. The Morgan fingerprint density at radius 3 is 2.52 bits per heavy atom. The highest BCUT2D eigenvalue weighted by Crippen LogP contribution is 2.41. The van der Waals surface area contributed by atoms with Gasteiger partial charge in [0, 0.05) is 30.8 Å². The number of phenols is 2. The number of aromatic nitrogens is 2. The van der Waals surface area contributed by atoms with Crippen molar-refractivity contribution < 1.29 is 14.9 Å². The van der Waals surface area contributed by atoms with E-state index in [0.717, 1.165) is 29.1 Å². The summed E-state index contributed by atoms with van der Waals surface area (Å²) < 4.78 is 6.02. The van der Waals surface area contributed by atoms with E-state index in [1.165, 1.54) is 6.07 Å². The molecule has 0 saturated heterocycles. The highest BCUT2D eigenvalue weighted by molar-refractivity contribution is 7.71. The molecule has 27 heavy (non-hydrogen) atoms. The first-order chi connectivity index (χ1) is 12.9. The first-order valence-electron chi connectivity index (χ1n) is 8.60. The molecule has 0 bridgehead atoms. The number of hydrogen-bond acceptors (Lipinski definition) is 5. The average Bonchev–Trinajstić information content (AvgIpc) is 3.04. The van der Waals surface area contributed by atoms with Gasteiger partial charge in [0.1, 0.15) is 21.9 Å². The Morgan fingerprint density at radius 1 is 1.11 bits per heavy atom. The van der Waals surface area contributed by atoms with E-state index in [1.54, 1.807) is 20.1 Å². The van der Waals surface area contributed by atoms with Crippen molar-refractivity contribution >= 4 is 17.9 Å². The number of ether oxygens (including phenoxy) is 1. The van der Waals surface area contributed by atoms with Crippen LogP contribution in [0.2, 0.25) is 0 Å². The summed E-state index contributed by atoms with van der Waals surface area (Å²) in [6.07, 6.45) is 0. The number of nitrogens with zero attached hydrogens (tertiary/aromatic N) is 1. The molecule has 0 aliphatic heterocycles. The molecule has 142 valence electrons. The molecule has 0 aliphatic rings. The predicted octanol–water partition coefficient (Wildman–Crippen LogP) is 4.59. The predicted molar refractivity (Wildman–Crippen MR) is 110 cm³/mol. The Balaban J connectivity index is 2.22. The van der Waals surface area contributed by atoms with Crippen LogP contribution >= 0.6 is 12.2 Å². The number of hydrogen-bond donors (Lipinski definition) is 4. The fraction of sp³-hybridized carbons (Fsp3) is 0.250. The number of aryl methyl sites for hydroxylation is 1. The zero-order valence-corrected chi connectivity index (χ0v) is 16.6. The van der Waals surface area contributed by atoms with Crippen molar-refractivity contribution in [3.05, 3.63) is 40.5 Å². The van der Waals surface area contributed by atoms with Gasteiger partial charge in [-0.3, -0.25) is 10.2 Å². The molecule has 0 aliphatic carbocycles. The van der Waals surface area contributed by atoms with E-state index in [4.69, 9.17) is 17.0 Å². The number of phenolic OH excluding ortho intramolecular Hbond substituents is 2. The minimum Gasteiger partial charge on any atom is -0.508 e. The van der Waals surface area contributed by atoms with E-state index in [1.807, 2.05) is 25.2 Å². The molecular weight excluding hydrogens is 362 g/mol. The van der Waals surface area contributed by atoms with Crippen LogP contribution in [0.15, 0.2) is 30.3 Å². The lowest BCUT2D eigenvalue weighted by Crippen LogP contribution is -2.16. The molecule has 3 aromatic rings. The second kappa shape index (κ2) is 7.36. The van der Waals surface area contributed by atoms with Gasteiger partial charge < -0.3 is 19.8 Å². The monoisotopic (exact) mass is 385 g/mol. The number of anilines is 1. The fourth-order valence-corrected chi connectivity index (χ4v) is 3.31. The number of aromatic hydroxyl groups is 2. The Morgan fingerprint density at radius 2 is 1.85 bits per heavy atom. The number of H-pyrrole nitrogens is 2. The third-order valence-electron chi connectivity index (χ3n) is 4.71. The van der Waals surface area contributed by atoms with Gasteiger partial charge in [-0.15, -0.1) is 0 Å². The van der Waals surface area contributed by atoms with Crippen molar-refractivity contribution in [2.24, 2.45) is 0 Å². The maximum Gasteiger partial charge on any atom is 0.142 e. The van der Waals surface area contributed by atoms with Gasteiger partial charge in [0.15, 0.2) is 0 Å². The molecule has 0 saturated carbocycles. The van der Waals surface area contributed by atoms with Crippen LogP contribution in [0.5, 0.6) is 17.2 Å². The molecule has 0 radical (unpaired) electrons. The third-order valence-corrected chi connectivity index (χ3v) is 5.02. The van der Waals surface area contributed by atoms with Crippen molar-refractivity contribution in [3.8, 4) is 39.6 Å². The van der Waals surface area contributed by atoms with Gasteiger partial charge in [-0.05, 0) is 43.2 Å². The van der Waals surface area contributed by atoms with Crippen LogP contribution in [0, 0.1) is 11.6 Å². The second-order valence-electron chi connectivity index (χ2n) is 6.39. The summed E-state index contributed by atoms with van der Waals surface area (Å²) in [6.45, 7) is 4.67. The van der Waals surface area contributed by atoms with E-state index in [0.29, 0.717) is 21.5 Å². The van der Waals surface area contributed by atoms with Crippen molar-refractivity contribution in [1.82, 2.24) is 10.2 Å². The largest absolute Gasteiger partial charge is 0.508 e. The maximum atomic E-state index is 10.4. The Bertz CT molecular complexity index is 1040. The Labute approximate surface area is 163 Å². The maximum absolute atomic E-state index is 10.4. The second-order valence-corrected chi connectivity index (χ2v) is 6.79. The molecule has 0 amide bonds. The number of benzene rings is 2. The van der Waals surface area contributed by atoms with Gasteiger partial charge in [-0.1, -0.05) is 18.3 Å². The summed E-state index contributed by atoms with van der Waals surface area (Å²) in [4.78, 5) is 2.09. The summed E-state index contributed by atoms with van der Waals surface area (Å²) in [5, 5.41) is 26.2. The van der Waals surface area contributed by atoms with Gasteiger partial charge in [0.05, 0.1) is 18.5 Å². The van der Waals surface area contributed by atoms with E-state index in [2.05, 4.69) is 22.0 Å². The molecule has 1 aromatic heterocycles. The minimum atomic E-state index is -0.0241. The van der Waals surface area contributed by atoms with Crippen LogP contribution in [0.25, 0.3) is 22.4 Å². The van der Waals surface area contributed by atoms with E-state index in [-0.39, 0.29) is 11.5 Å². The lowest BCUT2D eigenvalue weighted by molar-refractivity contribution is 0.415. The molecule has 0 spiro atoms. The van der Waals surface area contributed by atoms with Crippen LogP contribution in [-0.2, 0) is 0 Å². The summed E-state index contributed by atoms with van der Waals surface area (Å²) in [5.41, 5.74) is 4.51. The number of nitrogens with one attached hydrogen (secondary N) is 2. The molecule has 6 nitrogen and oxygen atoms in total. The lowest BCUT2D eigenvalue weighted by Gasteiger charge is -2.21. The van der Waals surface area contributed by atoms with Crippen molar-refractivity contribution in [1.29, 1.82) is 0 Å². The number of methoxy groups -OCH3 is 1. The molecule has 3 rings (SSSR count). The summed E-state index contributed by atoms with van der Waals surface area (Å²) in [7, 11) is 3.64. The topological polar surface area (TPSA) is 84.5 Å². The van der Waals surface area contributed by atoms with Gasteiger partial charge in [-0.2, -0.15) is 0 Å². The van der Waals surface area contributed by atoms with Crippen molar-refractivity contribution in [2.75, 3.05) is 25.6 Å². The molecule has 0 atom stereocenters. The van der Waals surface area contributed by atoms with Crippen LogP contribution in [0.3, 0.4) is 0 Å². The van der Waals surface area contributed by atoms with Crippen LogP contribution in [-0.4, -0.2) is 41.1 Å². The first-order valence-corrected chi connectivity index (χ1v) is 9.01. The highest BCUT2D eigenvalue weighted by atomic mass is 32.1. The molecule has 4 N–H and O–H groups in total. The fourth-order valence-electron chi connectivity index (χ4n) is 3.04. The molecule has 1 heterocycles. The standard InChI is InChI=1S/C20H23N3O3S/c1-5-23(3)14-9-12(6-7-17(14)26-4)18-19(21-22-20(18)27)13-8-11(2)15(24)10-16(13)25/h6-10,24-25H,5H2,1-4H3,(H2,21,22,27). The third kappa shape index (κ3) is 3.38. The first kappa shape index (κ1) is 18.8. The van der Waals surface area contributed by atoms with E-state index < -0.39 is 0 Å². The van der Waals surface area contributed by atoms with Crippen molar-refractivity contribution in [3.63, 3.8) is 0 Å². The van der Waals surface area contributed by atoms with Gasteiger partial charge >= 0.3 is 0 Å². The molecule has 0 unspecified atom stereocenters. The molecule has 7 heteroatoms. The zero-order valence-electron chi connectivity index (χ0n) is 15.8. The Kier molecular flexibility index (Phi) is 5.14. The van der Waals surface area contributed by atoms with Crippen molar-refractivity contribution in [2.45, 2.75) is 13.8 Å². The molecular formula is C20H23N3O3S. The van der Waals surface area contributed by atoms with Gasteiger partial charge in [-0.25, -0.2) is 0 Å². The van der Waals surface area contributed by atoms with Crippen LogP contribution in [0.1, 0.15) is 12.5 Å². The van der Waals surface area contributed by atoms with Gasteiger partial charge in [0.2, 0.25) is 0 Å².